The van der Waals surface area contributed by atoms with E-state index < -0.39 is 27.0 Å². The Labute approximate surface area is 118 Å². The molecular weight excluding hydrogens is 282 g/mol. The molecular formula is C13H21NO5S. The maximum absolute atomic E-state index is 12.0. The Morgan fingerprint density at radius 2 is 1.80 bits per heavy atom. The molecule has 0 aromatic carbocycles. The third kappa shape index (κ3) is 3.50. The zero-order chi connectivity index (χ0) is 14.8. The van der Waals surface area contributed by atoms with Crippen molar-refractivity contribution >= 4 is 21.7 Å². The van der Waals surface area contributed by atoms with E-state index in [-0.39, 0.29) is 24.1 Å². The van der Waals surface area contributed by atoms with Crippen LogP contribution in [0, 0.1) is 11.8 Å². The molecule has 0 aromatic rings. The molecule has 3 atom stereocenters. The van der Waals surface area contributed by atoms with Crippen LogP contribution in [-0.4, -0.2) is 42.9 Å². The fraction of sp³-hybridized carbons (Fsp3) is 0.846. The normalized spacial score (nSPS) is 32.7. The predicted octanol–water partition coefficient (Wildman–Crippen LogP) is 0.571. The van der Waals surface area contributed by atoms with Crippen molar-refractivity contribution in [2.45, 2.75) is 43.8 Å². The number of aliphatic carboxylic acids is 1. The summed E-state index contributed by atoms with van der Waals surface area (Å²) in [6, 6.07) is 0. The topological polar surface area (TPSA) is 101 Å². The van der Waals surface area contributed by atoms with Crippen LogP contribution in [0.4, 0.5) is 0 Å². The maximum Gasteiger partial charge on any atom is 0.306 e. The molecule has 20 heavy (non-hydrogen) atoms. The van der Waals surface area contributed by atoms with E-state index in [1.807, 2.05) is 0 Å². The average Bonchev–Trinajstić information content (AvgIpc) is 2.75. The van der Waals surface area contributed by atoms with Gasteiger partial charge in [0.25, 0.3) is 0 Å². The van der Waals surface area contributed by atoms with Crippen LogP contribution in [0.1, 0.15) is 38.5 Å². The molecule has 1 saturated heterocycles. The van der Waals surface area contributed by atoms with Crippen molar-refractivity contribution in [1.29, 1.82) is 0 Å². The largest absolute Gasteiger partial charge is 0.481 e. The monoisotopic (exact) mass is 303 g/mol. The second kappa shape index (κ2) is 6.11. The SMILES string of the molecule is O=C(O)C1CCCC(C(=O)NCC2CCCS2(=O)=O)C1. The molecule has 1 aliphatic carbocycles. The van der Waals surface area contributed by atoms with Gasteiger partial charge in [-0.2, -0.15) is 0 Å². The number of sulfone groups is 1. The molecule has 1 aliphatic heterocycles. The Morgan fingerprint density at radius 1 is 1.10 bits per heavy atom. The van der Waals surface area contributed by atoms with Gasteiger partial charge in [-0.15, -0.1) is 0 Å². The van der Waals surface area contributed by atoms with Crippen LogP contribution < -0.4 is 5.32 Å². The predicted molar refractivity (Wildman–Crippen MR) is 72.9 cm³/mol. The lowest BCUT2D eigenvalue weighted by atomic mass is 9.81. The van der Waals surface area contributed by atoms with E-state index in [0.29, 0.717) is 32.1 Å². The number of hydrogen-bond donors (Lipinski definition) is 2. The first-order valence-corrected chi connectivity index (χ1v) is 8.84. The molecule has 0 spiro atoms. The van der Waals surface area contributed by atoms with Crippen molar-refractivity contribution in [2.24, 2.45) is 11.8 Å². The summed E-state index contributed by atoms with van der Waals surface area (Å²) in [5.74, 6) is -1.58. The number of hydrogen-bond acceptors (Lipinski definition) is 4. The second-order valence-corrected chi connectivity index (χ2v) is 8.18. The fourth-order valence-electron chi connectivity index (χ4n) is 3.10. The number of carboxylic acid groups (broad SMARTS) is 1. The zero-order valence-corrected chi connectivity index (χ0v) is 12.2. The van der Waals surface area contributed by atoms with Gasteiger partial charge < -0.3 is 10.4 Å². The highest BCUT2D eigenvalue weighted by Crippen LogP contribution is 2.29. The highest BCUT2D eigenvalue weighted by Gasteiger charge is 2.34. The molecule has 1 heterocycles. The van der Waals surface area contributed by atoms with Crippen molar-refractivity contribution in [3.8, 4) is 0 Å². The van der Waals surface area contributed by atoms with Crippen molar-refractivity contribution in [3.63, 3.8) is 0 Å². The van der Waals surface area contributed by atoms with Crippen LogP contribution >= 0.6 is 0 Å². The smallest absolute Gasteiger partial charge is 0.306 e. The Morgan fingerprint density at radius 3 is 2.40 bits per heavy atom. The molecule has 2 N–H and O–H groups in total. The third-order valence-electron chi connectivity index (χ3n) is 4.36. The van der Waals surface area contributed by atoms with Crippen LogP contribution in [0.5, 0.6) is 0 Å². The van der Waals surface area contributed by atoms with E-state index in [1.165, 1.54) is 0 Å². The van der Waals surface area contributed by atoms with Crippen molar-refractivity contribution in [2.75, 3.05) is 12.3 Å². The summed E-state index contributed by atoms with van der Waals surface area (Å²) in [6.07, 6.45) is 3.66. The average molecular weight is 303 g/mol. The minimum atomic E-state index is -3.05. The molecule has 1 saturated carbocycles. The molecule has 6 nitrogen and oxygen atoms in total. The van der Waals surface area contributed by atoms with Gasteiger partial charge in [0.15, 0.2) is 9.84 Å². The van der Waals surface area contributed by atoms with E-state index in [2.05, 4.69) is 5.32 Å². The van der Waals surface area contributed by atoms with Gasteiger partial charge in [-0.3, -0.25) is 9.59 Å². The maximum atomic E-state index is 12.0. The first-order valence-electron chi connectivity index (χ1n) is 7.12. The Bertz CT molecular complexity index is 487. The molecule has 2 fully saturated rings. The minimum Gasteiger partial charge on any atom is -0.481 e. The van der Waals surface area contributed by atoms with Crippen molar-refractivity contribution in [1.82, 2.24) is 5.32 Å². The molecule has 1 amide bonds. The second-order valence-electron chi connectivity index (χ2n) is 5.78. The van der Waals surface area contributed by atoms with E-state index in [4.69, 9.17) is 5.11 Å². The highest BCUT2D eigenvalue weighted by molar-refractivity contribution is 7.92. The zero-order valence-electron chi connectivity index (χ0n) is 11.4. The third-order valence-corrected chi connectivity index (χ3v) is 6.64. The molecule has 0 bridgehead atoms. The summed E-state index contributed by atoms with van der Waals surface area (Å²) in [5, 5.41) is 11.2. The van der Waals surface area contributed by atoms with Gasteiger partial charge >= 0.3 is 5.97 Å². The van der Waals surface area contributed by atoms with Crippen molar-refractivity contribution in [3.05, 3.63) is 0 Å². The lowest BCUT2D eigenvalue weighted by Crippen LogP contribution is -2.40. The molecule has 114 valence electrons. The Hall–Kier alpha value is -1.11. The summed E-state index contributed by atoms with van der Waals surface area (Å²) >= 11 is 0. The lowest BCUT2D eigenvalue weighted by molar-refractivity contribution is -0.144. The van der Waals surface area contributed by atoms with E-state index >= 15 is 0 Å². The van der Waals surface area contributed by atoms with Crippen LogP contribution in [0.2, 0.25) is 0 Å². The van der Waals surface area contributed by atoms with Crippen LogP contribution in [-0.2, 0) is 19.4 Å². The summed E-state index contributed by atoms with van der Waals surface area (Å²) in [7, 11) is -3.05. The van der Waals surface area contributed by atoms with Gasteiger partial charge in [0.1, 0.15) is 0 Å². The van der Waals surface area contributed by atoms with Gasteiger partial charge in [0, 0.05) is 12.5 Å². The molecule has 2 rings (SSSR count). The summed E-state index contributed by atoms with van der Waals surface area (Å²) in [5.41, 5.74) is 0. The number of amides is 1. The summed E-state index contributed by atoms with van der Waals surface area (Å²) < 4.78 is 23.3. The Balaban J connectivity index is 1.84. The number of carbonyl (C=O) groups excluding carboxylic acids is 1. The molecule has 2 aliphatic rings. The van der Waals surface area contributed by atoms with Gasteiger partial charge in [-0.1, -0.05) is 6.42 Å². The van der Waals surface area contributed by atoms with Gasteiger partial charge in [0.2, 0.25) is 5.91 Å². The van der Waals surface area contributed by atoms with Crippen LogP contribution in [0.15, 0.2) is 0 Å². The standard InChI is InChI=1S/C13H21NO5S/c15-12(9-3-1-4-10(7-9)13(16)17)14-8-11-5-2-6-20(11,18)19/h9-11H,1-8H2,(H,14,15)(H,16,17). The molecule has 7 heteroatoms. The number of carboxylic acids is 1. The number of carbonyl (C=O) groups is 2. The van der Waals surface area contributed by atoms with Crippen LogP contribution in [0.25, 0.3) is 0 Å². The van der Waals surface area contributed by atoms with Gasteiger partial charge in [-0.25, -0.2) is 8.42 Å². The van der Waals surface area contributed by atoms with E-state index in [0.717, 1.165) is 6.42 Å². The molecule has 0 aromatic heterocycles. The van der Waals surface area contributed by atoms with Gasteiger partial charge in [0.05, 0.1) is 16.9 Å². The number of rotatable bonds is 4. The summed E-state index contributed by atoms with van der Waals surface area (Å²) in [4.78, 5) is 23.0. The van der Waals surface area contributed by atoms with E-state index in [1.54, 1.807) is 0 Å². The Kier molecular flexibility index (Phi) is 4.67. The minimum absolute atomic E-state index is 0.162. The van der Waals surface area contributed by atoms with Gasteiger partial charge in [-0.05, 0) is 32.1 Å². The molecule has 0 radical (unpaired) electrons. The first-order chi connectivity index (χ1) is 9.40. The lowest BCUT2D eigenvalue weighted by Gasteiger charge is -2.26. The first kappa shape index (κ1) is 15.3. The van der Waals surface area contributed by atoms with Crippen molar-refractivity contribution < 1.29 is 23.1 Å². The molecule has 3 unspecified atom stereocenters. The highest BCUT2D eigenvalue weighted by atomic mass is 32.2. The fourth-order valence-corrected chi connectivity index (χ4v) is 4.86. The summed E-state index contributed by atoms with van der Waals surface area (Å²) in [6.45, 7) is 0.162. The number of nitrogens with one attached hydrogen (secondary N) is 1. The van der Waals surface area contributed by atoms with Crippen LogP contribution in [0.3, 0.4) is 0 Å². The van der Waals surface area contributed by atoms with E-state index in [9.17, 15) is 18.0 Å². The quantitative estimate of drug-likeness (QED) is 0.791.